The summed E-state index contributed by atoms with van der Waals surface area (Å²) in [5.41, 5.74) is 1.81. The second-order valence-corrected chi connectivity index (χ2v) is 12.5. The third-order valence-corrected chi connectivity index (χ3v) is 10.2. The molecule has 0 saturated carbocycles. The Hall–Kier alpha value is -2.49. The van der Waals surface area contributed by atoms with E-state index in [9.17, 15) is 4.79 Å². The summed E-state index contributed by atoms with van der Waals surface area (Å²) in [5, 5.41) is 2.50. The highest BCUT2D eigenvalue weighted by Crippen LogP contribution is 2.37. The molecule has 3 aromatic rings. The van der Waals surface area contributed by atoms with Gasteiger partial charge in [-0.05, 0) is 27.9 Å². The maximum atomic E-state index is 11.6. The molecule has 0 heterocycles. The predicted molar refractivity (Wildman–Crippen MR) is 119 cm³/mol. The fourth-order valence-corrected chi connectivity index (χ4v) is 8.33. The summed E-state index contributed by atoms with van der Waals surface area (Å²) in [5.74, 6) is 0.0828. The van der Waals surface area contributed by atoms with Crippen molar-refractivity contribution in [1.82, 2.24) is 0 Å². The van der Waals surface area contributed by atoms with Crippen molar-refractivity contribution in [3.63, 3.8) is 0 Å². The first-order chi connectivity index (χ1) is 13.3. The molecule has 2 nitrogen and oxygen atoms in total. The second-order valence-electron chi connectivity index (χ2n) is 8.21. The van der Waals surface area contributed by atoms with Gasteiger partial charge in [-0.1, -0.05) is 106 Å². The first kappa shape index (κ1) is 20.2. The standard InChI is InChI=1S/C25H28O2Si/c1-20(26)22-17-15-21(16-18-22)19-27-28(25(2,3)4,23-11-7-5-8-12-23)24-13-9-6-10-14-24/h5-18H,19H2,1-4H3. The monoisotopic (exact) mass is 388 g/mol. The molecular formula is C25H28O2Si. The van der Waals surface area contributed by atoms with Gasteiger partial charge in [0.05, 0.1) is 6.61 Å². The van der Waals surface area contributed by atoms with Gasteiger partial charge in [-0.3, -0.25) is 4.79 Å². The molecule has 3 aromatic carbocycles. The smallest absolute Gasteiger partial charge is 0.261 e. The lowest BCUT2D eigenvalue weighted by atomic mass is 10.1. The van der Waals surface area contributed by atoms with Gasteiger partial charge in [0, 0.05) is 5.56 Å². The number of ketones is 1. The van der Waals surface area contributed by atoms with Crippen LogP contribution in [0.1, 0.15) is 43.6 Å². The Morgan fingerprint density at radius 2 is 1.25 bits per heavy atom. The van der Waals surface area contributed by atoms with Gasteiger partial charge < -0.3 is 4.43 Å². The van der Waals surface area contributed by atoms with Gasteiger partial charge in [-0.2, -0.15) is 0 Å². The van der Waals surface area contributed by atoms with Gasteiger partial charge in [0.2, 0.25) is 0 Å². The van der Waals surface area contributed by atoms with E-state index in [4.69, 9.17) is 4.43 Å². The minimum absolute atomic E-state index is 0.0466. The summed E-state index contributed by atoms with van der Waals surface area (Å²) >= 11 is 0. The molecule has 0 aliphatic carbocycles. The number of carbonyl (C=O) groups excluding carboxylic acids is 1. The van der Waals surface area contributed by atoms with Crippen LogP contribution in [0.2, 0.25) is 5.04 Å². The van der Waals surface area contributed by atoms with Crippen LogP contribution in [0.25, 0.3) is 0 Å². The summed E-state index contributed by atoms with van der Waals surface area (Å²) in [6.07, 6.45) is 0. The zero-order chi connectivity index (χ0) is 20.2. The van der Waals surface area contributed by atoms with E-state index in [1.807, 2.05) is 24.3 Å². The quantitative estimate of drug-likeness (QED) is 0.440. The first-order valence-corrected chi connectivity index (χ1v) is 11.6. The second kappa shape index (κ2) is 8.25. The van der Waals surface area contributed by atoms with Crippen molar-refractivity contribution in [3.05, 3.63) is 96.1 Å². The number of Topliss-reactive ketones (excluding diaryl/α,β-unsaturated/α-hetero) is 1. The van der Waals surface area contributed by atoms with Gasteiger partial charge >= 0.3 is 0 Å². The topological polar surface area (TPSA) is 26.3 Å². The Kier molecular flexibility index (Phi) is 5.97. The molecule has 0 fully saturated rings. The zero-order valence-corrected chi connectivity index (χ0v) is 18.1. The van der Waals surface area contributed by atoms with Crippen molar-refractivity contribution >= 4 is 24.5 Å². The normalized spacial score (nSPS) is 12.0. The molecule has 0 amide bonds. The molecule has 0 aliphatic rings. The molecule has 28 heavy (non-hydrogen) atoms. The van der Waals surface area contributed by atoms with E-state index < -0.39 is 8.32 Å². The molecule has 0 aromatic heterocycles. The number of hydrogen-bond donors (Lipinski definition) is 0. The van der Waals surface area contributed by atoms with E-state index in [1.54, 1.807) is 6.92 Å². The molecule has 0 radical (unpaired) electrons. The molecule has 3 rings (SSSR count). The molecule has 0 saturated heterocycles. The van der Waals surface area contributed by atoms with Gasteiger partial charge in [0.25, 0.3) is 8.32 Å². The largest absolute Gasteiger partial charge is 0.403 e. The Morgan fingerprint density at radius 3 is 1.64 bits per heavy atom. The summed E-state index contributed by atoms with van der Waals surface area (Å²) in [6, 6.07) is 29.0. The van der Waals surface area contributed by atoms with Crippen LogP contribution >= 0.6 is 0 Å². The van der Waals surface area contributed by atoms with Crippen LogP contribution in [-0.2, 0) is 11.0 Å². The summed E-state index contributed by atoms with van der Waals surface area (Å²) in [6.45, 7) is 8.94. The van der Waals surface area contributed by atoms with Crippen LogP contribution in [0.3, 0.4) is 0 Å². The lowest BCUT2D eigenvalue weighted by Crippen LogP contribution is -2.66. The average molecular weight is 389 g/mol. The Labute approximate surface area is 169 Å². The molecule has 3 heteroatoms. The minimum atomic E-state index is -2.53. The molecule has 0 aliphatic heterocycles. The van der Waals surface area contributed by atoms with Crippen LogP contribution in [-0.4, -0.2) is 14.1 Å². The predicted octanol–water partition coefficient (Wildman–Crippen LogP) is 4.97. The summed E-state index contributed by atoms with van der Waals surface area (Å²) in [4.78, 5) is 11.6. The number of benzene rings is 3. The van der Waals surface area contributed by atoms with Crippen molar-refractivity contribution in [3.8, 4) is 0 Å². The number of hydrogen-bond acceptors (Lipinski definition) is 2. The van der Waals surface area contributed by atoms with Crippen LogP contribution in [0.5, 0.6) is 0 Å². The first-order valence-electron chi connectivity index (χ1n) is 9.69. The van der Waals surface area contributed by atoms with Crippen molar-refractivity contribution in [2.75, 3.05) is 0 Å². The van der Waals surface area contributed by atoms with Crippen LogP contribution in [0, 0.1) is 0 Å². The van der Waals surface area contributed by atoms with Crippen LogP contribution in [0.4, 0.5) is 0 Å². The highest BCUT2D eigenvalue weighted by atomic mass is 28.4. The van der Waals surface area contributed by atoms with E-state index >= 15 is 0 Å². The van der Waals surface area contributed by atoms with Crippen molar-refractivity contribution < 1.29 is 9.22 Å². The average Bonchev–Trinajstić information content (AvgIpc) is 2.69. The number of carbonyl (C=O) groups is 1. The van der Waals surface area contributed by atoms with E-state index in [0.29, 0.717) is 6.61 Å². The zero-order valence-electron chi connectivity index (χ0n) is 17.1. The molecule has 0 N–H and O–H groups in total. The van der Waals surface area contributed by atoms with E-state index in [2.05, 4.69) is 81.4 Å². The molecule has 144 valence electrons. The summed E-state index contributed by atoms with van der Waals surface area (Å²) in [7, 11) is -2.53. The lowest BCUT2D eigenvalue weighted by molar-refractivity contribution is 0.101. The van der Waals surface area contributed by atoms with Crippen molar-refractivity contribution in [2.24, 2.45) is 0 Å². The SMILES string of the molecule is CC(=O)c1ccc(CO[Si](c2ccccc2)(c2ccccc2)C(C)(C)C)cc1. The number of rotatable bonds is 6. The van der Waals surface area contributed by atoms with E-state index in [1.165, 1.54) is 10.4 Å². The van der Waals surface area contributed by atoms with Crippen molar-refractivity contribution in [2.45, 2.75) is 39.3 Å². The van der Waals surface area contributed by atoms with Gasteiger partial charge in [-0.15, -0.1) is 0 Å². The van der Waals surface area contributed by atoms with Crippen molar-refractivity contribution in [1.29, 1.82) is 0 Å². The van der Waals surface area contributed by atoms with Crippen LogP contribution in [0.15, 0.2) is 84.9 Å². The fourth-order valence-electron chi connectivity index (χ4n) is 3.79. The maximum Gasteiger partial charge on any atom is 0.261 e. The third kappa shape index (κ3) is 4.01. The van der Waals surface area contributed by atoms with Gasteiger partial charge in [0.1, 0.15) is 0 Å². The van der Waals surface area contributed by atoms with Crippen LogP contribution < -0.4 is 10.4 Å². The molecule has 0 bridgehead atoms. The highest BCUT2D eigenvalue weighted by molar-refractivity contribution is 6.99. The maximum absolute atomic E-state index is 11.6. The fraction of sp³-hybridized carbons (Fsp3) is 0.240. The molecule has 0 atom stereocenters. The third-order valence-electron chi connectivity index (χ3n) is 5.23. The minimum Gasteiger partial charge on any atom is -0.403 e. The van der Waals surface area contributed by atoms with E-state index in [0.717, 1.165) is 11.1 Å². The lowest BCUT2D eigenvalue weighted by Gasteiger charge is -2.43. The Bertz CT molecular complexity index is 871. The van der Waals surface area contributed by atoms with Gasteiger partial charge in [-0.25, -0.2) is 0 Å². The van der Waals surface area contributed by atoms with E-state index in [-0.39, 0.29) is 10.8 Å². The molecular weight excluding hydrogens is 360 g/mol. The molecule has 0 unspecified atom stereocenters. The Balaban J connectivity index is 2.04. The van der Waals surface area contributed by atoms with Gasteiger partial charge in [0.15, 0.2) is 5.78 Å². The summed E-state index contributed by atoms with van der Waals surface area (Å²) < 4.78 is 6.91. The Morgan fingerprint density at radius 1 is 0.786 bits per heavy atom. The highest BCUT2D eigenvalue weighted by Gasteiger charge is 2.50. The molecule has 0 spiro atoms.